The summed E-state index contributed by atoms with van der Waals surface area (Å²) in [6.07, 6.45) is 0.900. The van der Waals surface area contributed by atoms with Gasteiger partial charge in [0.25, 0.3) is 0 Å². The van der Waals surface area contributed by atoms with E-state index in [2.05, 4.69) is 23.5 Å². The van der Waals surface area contributed by atoms with E-state index in [9.17, 15) is 4.79 Å². The first-order valence-electron chi connectivity index (χ1n) is 4.06. The average molecular weight is 158 g/mol. The van der Waals surface area contributed by atoms with Crippen LogP contribution in [0.5, 0.6) is 0 Å². The van der Waals surface area contributed by atoms with Gasteiger partial charge in [-0.2, -0.15) is 0 Å². The largest absolute Gasteiger partial charge is 0.457 e. The fourth-order valence-electron chi connectivity index (χ4n) is 0.942. The first kappa shape index (κ1) is 10.4. The molecule has 0 aromatic rings. The summed E-state index contributed by atoms with van der Waals surface area (Å²) >= 11 is 0. The summed E-state index contributed by atoms with van der Waals surface area (Å²) in [6.45, 7) is 9.25. The SMILES string of the molecule is CCN(CC)CCCO[C]=O. The first-order chi connectivity index (χ1) is 5.35. The Hall–Kier alpha value is -0.570. The third-order valence-corrected chi connectivity index (χ3v) is 1.67. The zero-order chi connectivity index (χ0) is 8.53. The molecule has 0 saturated heterocycles. The van der Waals surface area contributed by atoms with Crippen LogP contribution in [0, 0.1) is 0 Å². The number of nitrogens with zero attached hydrogens (tertiary/aromatic N) is 1. The Morgan fingerprint density at radius 3 is 2.45 bits per heavy atom. The standard InChI is InChI=1S/C8H16NO2/c1-3-9(4-2)6-5-7-11-8-10/h3-7H2,1-2H3. The van der Waals surface area contributed by atoms with Gasteiger partial charge in [0.2, 0.25) is 0 Å². The van der Waals surface area contributed by atoms with Crippen molar-refractivity contribution >= 4 is 6.47 Å². The number of hydrogen-bond acceptors (Lipinski definition) is 3. The van der Waals surface area contributed by atoms with Crippen LogP contribution in [-0.4, -0.2) is 37.6 Å². The maximum Gasteiger partial charge on any atom is 0.417 e. The Kier molecular flexibility index (Phi) is 7.15. The minimum atomic E-state index is 0.486. The maximum atomic E-state index is 9.63. The zero-order valence-corrected chi connectivity index (χ0v) is 7.30. The van der Waals surface area contributed by atoms with Crippen LogP contribution in [0.25, 0.3) is 0 Å². The molecule has 0 aliphatic carbocycles. The van der Waals surface area contributed by atoms with Crippen molar-refractivity contribution < 1.29 is 9.53 Å². The minimum Gasteiger partial charge on any atom is -0.457 e. The molecule has 0 saturated carbocycles. The molecule has 0 N–H and O–H groups in total. The first-order valence-corrected chi connectivity index (χ1v) is 4.06. The smallest absolute Gasteiger partial charge is 0.417 e. The highest BCUT2D eigenvalue weighted by molar-refractivity contribution is 5.37. The Labute approximate surface area is 68.3 Å². The fraction of sp³-hybridized carbons (Fsp3) is 0.875. The molecule has 0 aliphatic rings. The molecule has 0 heterocycles. The summed E-state index contributed by atoms with van der Waals surface area (Å²) < 4.78 is 4.44. The van der Waals surface area contributed by atoms with Crippen LogP contribution in [-0.2, 0) is 9.53 Å². The predicted octanol–water partition coefficient (Wildman–Crippen LogP) is 0.802. The van der Waals surface area contributed by atoms with E-state index in [0.717, 1.165) is 26.1 Å². The van der Waals surface area contributed by atoms with Crippen LogP contribution in [0.3, 0.4) is 0 Å². The predicted molar refractivity (Wildman–Crippen MR) is 44.1 cm³/mol. The minimum absolute atomic E-state index is 0.486. The molecule has 3 heteroatoms. The van der Waals surface area contributed by atoms with Gasteiger partial charge in [-0.3, -0.25) is 0 Å². The monoisotopic (exact) mass is 158 g/mol. The fourth-order valence-corrected chi connectivity index (χ4v) is 0.942. The molecule has 0 amide bonds. The topological polar surface area (TPSA) is 29.5 Å². The highest BCUT2D eigenvalue weighted by Gasteiger charge is 1.97. The summed E-state index contributed by atoms with van der Waals surface area (Å²) in [4.78, 5) is 11.9. The van der Waals surface area contributed by atoms with Crippen molar-refractivity contribution in [1.82, 2.24) is 4.90 Å². The van der Waals surface area contributed by atoms with Gasteiger partial charge >= 0.3 is 6.47 Å². The van der Waals surface area contributed by atoms with Gasteiger partial charge in [0.15, 0.2) is 0 Å². The normalized spacial score (nSPS) is 10.1. The van der Waals surface area contributed by atoms with Crippen molar-refractivity contribution in [3.63, 3.8) is 0 Å². The van der Waals surface area contributed by atoms with E-state index in [4.69, 9.17) is 0 Å². The van der Waals surface area contributed by atoms with Crippen molar-refractivity contribution in [3.05, 3.63) is 0 Å². The number of hydrogen-bond donors (Lipinski definition) is 0. The van der Waals surface area contributed by atoms with E-state index in [1.165, 1.54) is 6.47 Å². The summed E-state index contributed by atoms with van der Waals surface area (Å²) in [7, 11) is 0. The summed E-state index contributed by atoms with van der Waals surface area (Å²) in [5.74, 6) is 0. The molecule has 0 aliphatic heterocycles. The van der Waals surface area contributed by atoms with E-state index >= 15 is 0 Å². The molecule has 0 spiro atoms. The van der Waals surface area contributed by atoms with Crippen LogP contribution in [0.15, 0.2) is 0 Å². The Morgan fingerprint density at radius 2 is 2.00 bits per heavy atom. The van der Waals surface area contributed by atoms with Gasteiger partial charge in [-0.25, -0.2) is 4.79 Å². The molecule has 0 aromatic heterocycles. The molecule has 0 atom stereocenters. The van der Waals surface area contributed by atoms with E-state index in [1.54, 1.807) is 0 Å². The molecule has 0 rings (SSSR count). The summed E-state index contributed by atoms with van der Waals surface area (Å²) in [5.41, 5.74) is 0. The van der Waals surface area contributed by atoms with Gasteiger partial charge in [-0.05, 0) is 19.5 Å². The van der Waals surface area contributed by atoms with Crippen molar-refractivity contribution in [2.75, 3.05) is 26.2 Å². The molecule has 0 bridgehead atoms. The van der Waals surface area contributed by atoms with Crippen molar-refractivity contribution in [3.8, 4) is 0 Å². The second-order valence-electron chi connectivity index (χ2n) is 2.31. The lowest BCUT2D eigenvalue weighted by molar-refractivity contribution is 0.232. The Balaban J connectivity index is 3.13. The quantitative estimate of drug-likeness (QED) is 0.513. The van der Waals surface area contributed by atoms with Crippen molar-refractivity contribution in [2.45, 2.75) is 20.3 Å². The molecule has 65 valence electrons. The van der Waals surface area contributed by atoms with Crippen molar-refractivity contribution in [1.29, 1.82) is 0 Å². The van der Waals surface area contributed by atoms with Crippen LogP contribution in [0.2, 0.25) is 0 Å². The highest BCUT2D eigenvalue weighted by Crippen LogP contribution is 1.90. The Morgan fingerprint density at radius 1 is 1.36 bits per heavy atom. The molecule has 3 nitrogen and oxygen atoms in total. The second-order valence-corrected chi connectivity index (χ2v) is 2.31. The zero-order valence-electron chi connectivity index (χ0n) is 7.30. The van der Waals surface area contributed by atoms with Crippen molar-refractivity contribution in [2.24, 2.45) is 0 Å². The molecule has 11 heavy (non-hydrogen) atoms. The maximum absolute atomic E-state index is 9.63. The lowest BCUT2D eigenvalue weighted by Crippen LogP contribution is -2.24. The number of carbonyl (C=O) groups excluding carboxylic acids is 1. The van der Waals surface area contributed by atoms with Gasteiger partial charge in [0.1, 0.15) is 0 Å². The van der Waals surface area contributed by atoms with Gasteiger partial charge in [0.05, 0.1) is 6.61 Å². The van der Waals surface area contributed by atoms with E-state index in [1.807, 2.05) is 0 Å². The lowest BCUT2D eigenvalue weighted by Gasteiger charge is -2.16. The summed E-state index contributed by atoms with van der Waals surface area (Å²) in [5, 5.41) is 0. The third-order valence-electron chi connectivity index (χ3n) is 1.67. The molecule has 0 aromatic carbocycles. The van der Waals surface area contributed by atoms with E-state index in [-0.39, 0.29) is 0 Å². The Bertz CT molecular complexity index is 92.1. The molecule has 1 radical (unpaired) electrons. The van der Waals surface area contributed by atoms with Gasteiger partial charge in [-0.15, -0.1) is 0 Å². The van der Waals surface area contributed by atoms with Crippen LogP contribution in [0.4, 0.5) is 0 Å². The number of rotatable bonds is 7. The second kappa shape index (κ2) is 7.54. The van der Waals surface area contributed by atoms with Gasteiger partial charge in [0, 0.05) is 6.54 Å². The van der Waals surface area contributed by atoms with E-state index < -0.39 is 0 Å². The molecule has 0 fully saturated rings. The molecule has 0 unspecified atom stereocenters. The molecular formula is C8H16NO2. The number of ether oxygens (including phenoxy) is 1. The van der Waals surface area contributed by atoms with Crippen LogP contribution >= 0.6 is 0 Å². The van der Waals surface area contributed by atoms with Gasteiger partial charge < -0.3 is 9.64 Å². The van der Waals surface area contributed by atoms with E-state index in [0.29, 0.717) is 6.61 Å². The average Bonchev–Trinajstić information content (AvgIpc) is 2.05. The lowest BCUT2D eigenvalue weighted by atomic mass is 10.4. The third kappa shape index (κ3) is 5.85. The van der Waals surface area contributed by atoms with Crippen LogP contribution < -0.4 is 0 Å². The highest BCUT2D eigenvalue weighted by atomic mass is 16.5. The van der Waals surface area contributed by atoms with Gasteiger partial charge in [-0.1, -0.05) is 13.8 Å². The van der Waals surface area contributed by atoms with Crippen LogP contribution in [0.1, 0.15) is 20.3 Å². The summed E-state index contributed by atoms with van der Waals surface area (Å²) in [6, 6.07) is 0. The molecular weight excluding hydrogens is 142 g/mol.